The smallest absolute Gasteiger partial charge is 0.276 e. The zero-order valence-electron chi connectivity index (χ0n) is 13.4. The number of nitriles is 1. The fourth-order valence-electron chi connectivity index (χ4n) is 2.82. The largest absolute Gasteiger partial charge is 0.337 e. The third-order valence-electron chi connectivity index (χ3n) is 4.34. The standard InChI is InChI=1S/C17H19N5O/c1-12-3-5-15(6-4-12)22-13(2)16(19-20-22)17(23)21-9-7-14(11-18)8-10-21/h3-6,14H,7-10H2,1-2H3. The van der Waals surface area contributed by atoms with E-state index in [0.29, 0.717) is 18.8 Å². The SMILES string of the molecule is Cc1ccc(-n2nnc(C(=O)N3CCC(C#N)CC3)c2C)cc1. The first kappa shape index (κ1) is 15.2. The maximum Gasteiger partial charge on any atom is 0.276 e. The van der Waals surface area contributed by atoms with Gasteiger partial charge in [0.05, 0.1) is 17.5 Å². The molecule has 118 valence electrons. The number of nitrogens with zero attached hydrogens (tertiary/aromatic N) is 5. The third-order valence-corrected chi connectivity index (χ3v) is 4.34. The highest BCUT2D eigenvalue weighted by Crippen LogP contribution is 2.20. The number of aryl methyl sites for hydroxylation is 1. The Labute approximate surface area is 135 Å². The Kier molecular flexibility index (Phi) is 4.11. The normalized spacial score (nSPS) is 15.4. The van der Waals surface area contributed by atoms with Gasteiger partial charge in [-0.05, 0) is 38.8 Å². The topological polar surface area (TPSA) is 74.8 Å². The Morgan fingerprint density at radius 2 is 1.87 bits per heavy atom. The Hall–Kier alpha value is -2.68. The maximum absolute atomic E-state index is 12.6. The van der Waals surface area contributed by atoms with E-state index in [0.717, 1.165) is 24.2 Å². The summed E-state index contributed by atoms with van der Waals surface area (Å²) in [5, 5.41) is 17.2. The summed E-state index contributed by atoms with van der Waals surface area (Å²) in [7, 11) is 0. The first-order chi connectivity index (χ1) is 11.1. The van der Waals surface area contributed by atoms with E-state index in [2.05, 4.69) is 16.4 Å². The molecule has 1 saturated heterocycles. The quantitative estimate of drug-likeness (QED) is 0.853. The minimum atomic E-state index is -0.0998. The van der Waals surface area contributed by atoms with Crippen molar-refractivity contribution in [3.05, 3.63) is 41.2 Å². The maximum atomic E-state index is 12.6. The molecular weight excluding hydrogens is 290 g/mol. The molecule has 2 heterocycles. The summed E-state index contributed by atoms with van der Waals surface area (Å²) < 4.78 is 1.69. The van der Waals surface area contributed by atoms with Crippen molar-refractivity contribution in [1.29, 1.82) is 5.26 Å². The molecule has 1 aliphatic heterocycles. The van der Waals surface area contributed by atoms with E-state index in [-0.39, 0.29) is 11.8 Å². The second-order valence-electron chi connectivity index (χ2n) is 5.97. The molecule has 0 aliphatic carbocycles. The molecule has 0 saturated carbocycles. The van der Waals surface area contributed by atoms with Gasteiger partial charge in [0.15, 0.2) is 5.69 Å². The highest BCUT2D eigenvalue weighted by Gasteiger charge is 2.27. The van der Waals surface area contributed by atoms with Gasteiger partial charge in [-0.3, -0.25) is 4.79 Å². The van der Waals surface area contributed by atoms with E-state index >= 15 is 0 Å². The van der Waals surface area contributed by atoms with Gasteiger partial charge in [-0.1, -0.05) is 22.9 Å². The summed E-state index contributed by atoms with van der Waals surface area (Å²) in [5.41, 5.74) is 3.19. The van der Waals surface area contributed by atoms with Crippen LogP contribution in [0.3, 0.4) is 0 Å². The van der Waals surface area contributed by atoms with Crippen LogP contribution >= 0.6 is 0 Å². The highest BCUT2D eigenvalue weighted by molar-refractivity contribution is 5.93. The number of hydrogen-bond donors (Lipinski definition) is 0. The Bertz CT molecular complexity index is 748. The van der Waals surface area contributed by atoms with Crippen LogP contribution in [-0.2, 0) is 0 Å². The van der Waals surface area contributed by atoms with Crippen molar-refractivity contribution in [3.8, 4) is 11.8 Å². The zero-order chi connectivity index (χ0) is 16.4. The molecule has 0 atom stereocenters. The van der Waals surface area contributed by atoms with Crippen LogP contribution in [-0.4, -0.2) is 38.9 Å². The fraction of sp³-hybridized carbons (Fsp3) is 0.412. The van der Waals surface area contributed by atoms with E-state index in [9.17, 15) is 4.79 Å². The molecule has 3 rings (SSSR count). The van der Waals surface area contributed by atoms with Crippen molar-refractivity contribution in [2.24, 2.45) is 5.92 Å². The number of carbonyl (C=O) groups is 1. The molecule has 0 spiro atoms. The number of rotatable bonds is 2. The van der Waals surface area contributed by atoms with E-state index < -0.39 is 0 Å². The minimum absolute atomic E-state index is 0.0587. The van der Waals surface area contributed by atoms with Crippen molar-refractivity contribution >= 4 is 5.91 Å². The molecule has 6 heteroatoms. The lowest BCUT2D eigenvalue weighted by Gasteiger charge is -2.28. The number of likely N-dealkylation sites (tertiary alicyclic amines) is 1. The Balaban J connectivity index is 1.80. The van der Waals surface area contributed by atoms with Crippen LogP contribution in [0.5, 0.6) is 0 Å². The number of hydrogen-bond acceptors (Lipinski definition) is 4. The van der Waals surface area contributed by atoms with Gasteiger partial charge in [0, 0.05) is 19.0 Å². The van der Waals surface area contributed by atoms with Crippen LogP contribution in [0.25, 0.3) is 5.69 Å². The van der Waals surface area contributed by atoms with Gasteiger partial charge in [-0.2, -0.15) is 5.26 Å². The third kappa shape index (κ3) is 2.95. The monoisotopic (exact) mass is 309 g/mol. The average molecular weight is 309 g/mol. The molecular formula is C17H19N5O. The van der Waals surface area contributed by atoms with Crippen molar-refractivity contribution in [2.75, 3.05) is 13.1 Å². The van der Waals surface area contributed by atoms with Crippen molar-refractivity contribution < 1.29 is 4.79 Å². The van der Waals surface area contributed by atoms with Crippen LogP contribution in [0.1, 0.15) is 34.6 Å². The highest BCUT2D eigenvalue weighted by atomic mass is 16.2. The van der Waals surface area contributed by atoms with Crippen LogP contribution in [0.2, 0.25) is 0 Å². The summed E-state index contributed by atoms with van der Waals surface area (Å²) in [5.74, 6) is -0.0411. The van der Waals surface area contributed by atoms with Crippen molar-refractivity contribution in [2.45, 2.75) is 26.7 Å². The number of benzene rings is 1. The molecule has 1 aromatic carbocycles. The fourth-order valence-corrected chi connectivity index (χ4v) is 2.82. The molecule has 23 heavy (non-hydrogen) atoms. The number of aromatic nitrogens is 3. The van der Waals surface area contributed by atoms with Crippen LogP contribution in [0.4, 0.5) is 0 Å². The molecule has 1 fully saturated rings. The van der Waals surface area contributed by atoms with Gasteiger partial charge in [0.2, 0.25) is 0 Å². The predicted molar refractivity (Wildman–Crippen MR) is 85.1 cm³/mol. The molecule has 0 bridgehead atoms. The van der Waals surface area contributed by atoms with Crippen LogP contribution in [0.15, 0.2) is 24.3 Å². The summed E-state index contributed by atoms with van der Waals surface area (Å²) in [6.45, 7) is 5.09. The van der Waals surface area contributed by atoms with Gasteiger partial charge < -0.3 is 4.90 Å². The predicted octanol–water partition coefficient (Wildman–Crippen LogP) is 2.26. The van der Waals surface area contributed by atoms with E-state index in [1.807, 2.05) is 38.1 Å². The molecule has 0 unspecified atom stereocenters. The summed E-state index contributed by atoms with van der Waals surface area (Å²) in [4.78, 5) is 14.4. The second-order valence-corrected chi connectivity index (χ2v) is 5.97. The lowest BCUT2D eigenvalue weighted by molar-refractivity contribution is 0.0700. The molecule has 0 N–H and O–H groups in total. The lowest BCUT2D eigenvalue weighted by atomic mass is 9.98. The number of amides is 1. The average Bonchev–Trinajstić information content (AvgIpc) is 2.96. The van der Waals surface area contributed by atoms with Gasteiger partial charge in [0.25, 0.3) is 5.91 Å². The van der Waals surface area contributed by atoms with Gasteiger partial charge >= 0.3 is 0 Å². The Morgan fingerprint density at radius 1 is 1.22 bits per heavy atom. The Morgan fingerprint density at radius 3 is 2.48 bits per heavy atom. The molecule has 0 radical (unpaired) electrons. The summed E-state index contributed by atoms with van der Waals surface area (Å²) in [6, 6.07) is 10.2. The summed E-state index contributed by atoms with van der Waals surface area (Å²) in [6.07, 6.45) is 1.46. The molecule has 6 nitrogen and oxygen atoms in total. The van der Waals surface area contributed by atoms with E-state index in [4.69, 9.17) is 5.26 Å². The molecule has 2 aromatic rings. The number of carbonyl (C=O) groups excluding carboxylic acids is 1. The van der Waals surface area contributed by atoms with Gasteiger partial charge in [-0.25, -0.2) is 4.68 Å². The second kappa shape index (κ2) is 6.21. The van der Waals surface area contributed by atoms with Gasteiger partial charge in [-0.15, -0.1) is 5.10 Å². The van der Waals surface area contributed by atoms with Crippen LogP contribution in [0, 0.1) is 31.1 Å². The molecule has 1 amide bonds. The van der Waals surface area contributed by atoms with Gasteiger partial charge in [0.1, 0.15) is 0 Å². The van der Waals surface area contributed by atoms with E-state index in [1.54, 1.807) is 9.58 Å². The van der Waals surface area contributed by atoms with E-state index in [1.165, 1.54) is 5.56 Å². The van der Waals surface area contributed by atoms with Crippen molar-refractivity contribution in [1.82, 2.24) is 19.9 Å². The zero-order valence-corrected chi connectivity index (χ0v) is 13.4. The lowest BCUT2D eigenvalue weighted by Crippen LogP contribution is -2.38. The first-order valence-electron chi connectivity index (χ1n) is 7.78. The molecule has 1 aliphatic rings. The van der Waals surface area contributed by atoms with Crippen molar-refractivity contribution in [3.63, 3.8) is 0 Å². The first-order valence-corrected chi connectivity index (χ1v) is 7.78. The number of piperidine rings is 1. The summed E-state index contributed by atoms with van der Waals surface area (Å²) >= 11 is 0. The molecule has 1 aromatic heterocycles. The van der Waals surface area contributed by atoms with Crippen LogP contribution < -0.4 is 0 Å². The minimum Gasteiger partial charge on any atom is -0.337 e.